The van der Waals surface area contributed by atoms with Gasteiger partial charge in [0.2, 0.25) is 10.0 Å². The average Bonchev–Trinajstić information content (AvgIpc) is 2.48. The first-order valence-electron chi connectivity index (χ1n) is 6.97. The van der Waals surface area contributed by atoms with Crippen LogP contribution in [0.15, 0.2) is 29.2 Å². The molecule has 1 unspecified atom stereocenters. The van der Waals surface area contributed by atoms with Crippen LogP contribution >= 0.6 is 12.2 Å². The minimum Gasteiger partial charge on any atom is -0.389 e. The lowest BCUT2D eigenvalue weighted by molar-refractivity contribution is 0.0265. The standard InChI is InChI=1S/C14H20N2O3S2/c1-2-19-11-6-5-9-16(10-11)21(17,18)13-8-4-3-7-12(13)14(15)20/h3-4,7-8,11H,2,5-6,9-10H2,1H3,(H2,15,20). The molecule has 1 aromatic rings. The Morgan fingerprint density at radius 3 is 2.86 bits per heavy atom. The minimum absolute atomic E-state index is 0.0458. The third-order valence-electron chi connectivity index (χ3n) is 3.51. The molecule has 1 aliphatic rings. The topological polar surface area (TPSA) is 72.6 Å². The number of benzene rings is 1. The van der Waals surface area contributed by atoms with Gasteiger partial charge in [-0.3, -0.25) is 0 Å². The molecule has 21 heavy (non-hydrogen) atoms. The number of thiocarbonyl (C=S) groups is 1. The van der Waals surface area contributed by atoms with E-state index in [0.717, 1.165) is 12.8 Å². The second-order valence-corrected chi connectivity index (χ2v) is 7.29. The zero-order valence-electron chi connectivity index (χ0n) is 12.0. The van der Waals surface area contributed by atoms with E-state index in [1.54, 1.807) is 24.3 Å². The van der Waals surface area contributed by atoms with Crippen molar-refractivity contribution in [2.75, 3.05) is 19.7 Å². The summed E-state index contributed by atoms with van der Waals surface area (Å²) in [5, 5.41) is 0. The highest BCUT2D eigenvalue weighted by molar-refractivity contribution is 7.89. The van der Waals surface area contributed by atoms with Gasteiger partial charge in [-0.05, 0) is 25.8 Å². The zero-order chi connectivity index (χ0) is 15.5. The first kappa shape index (κ1) is 16.4. The summed E-state index contributed by atoms with van der Waals surface area (Å²) in [6, 6.07) is 6.60. The van der Waals surface area contributed by atoms with Gasteiger partial charge < -0.3 is 10.5 Å². The highest BCUT2D eigenvalue weighted by atomic mass is 32.2. The molecule has 0 aromatic heterocycles. The van der Waals surface area contributed by atoms with Crippen molar-refractivity contribution in [3.8, 4) is 0 Å². The third-order valence-corrected chi connectivity index (χ3v) is 5.66. The lowest BCUT2D eigenvalue weighted by Gasteiger charge is -2.32. The first-order chi connectivity index (χ1) is 9.96. The summed E-state index contributed by atoms with van der Waals surface area (Å²) < 4.78 is 32.7. The summed E-state index contributed by atoms with van der Waals surface area (Å²) in [6.07, 6.45) is 1.63. The lowest BCUT2D eigenvalue weighted by Crippen LogP contribution is -2.43. The van der Waals surface area contributed by atoms with Gasteiger partial charge in [0, 0.05) is 25.3 Å². The van der Waals surface area contributed by atoms with Crippen molar-refractivity contribution in [1.82, 2.24) is 4.31 Å². The van der Waals surface area contributed by atoms with Gasteiger partial charge in [0.05, 0.1) is 11.0 Å². The molecule has 0 amide bonds. The molecule has 0 radical (unpaired) electrons. The molecule has 0 bridgehead atoms. The summed E-state index contributed by atoms with van der Waals surface area (Å²) in [5.41, 5.74) is 6.03. The van der Waals surface area contributed by atoms with Gasteiger partial charge in [0.25, 0.3) is 0 Å². The van der Waals surface area contributed by atoms with E-state index in [1.807, 2.05) is 6.92 Å². The second-order valence-electron chi connectivity index (χ2n) is 4.94. The van der Waals surface area contributed by atoms with Crippen LogP contribution in [0.1, 0.15) is 25.3 Å². The van der Waals surface area contributed by atoms with E-state index in [2.05, 4.69) is 0 Å². The first-order valence-corrected chi connectivity index (χ1v) is 8.82. The maximum atomic E-state index is 12.8. The number of sulfonamides is 1. The van der Waals surface area contributed by atoms with E-state index < -0.39 is 10.0 Å². The molecule has 0 saturated carbocycles. The van der Waals surface area contributed by atoms with Gasteiger partial charge in [-0.15, -0.1) is 0 Å². The third kappa shape index (κ3) is 3.60. The normalized spacial score (nSPS) is 20.3. The largest absolute Gasteiger partial charge is 0.389 e. The Hall–Kier alpha value is -1.02. The zero-order valence-corrected chi connectivity index (χ0v) is 13.6. The molecule has 1 fully saturated rings. The van der Waals surface area contributed by atoms with Crippen molar-refractivity contribution >= 4 is 27.2 Å². The van der Waals surface area contributed by atoms with Crippen LogP contribution in [0.2, 0.25) is 0 Å². The predicted octanol–water partition coefficient (Wildman–Crippen LogP) is 1.51. The van der Waals surface area contributed by atoms with Crippen LogP contribution in [0.4, 0.5) is 0 Å². The molecule has 5 nitrogen and oxygen atoms in total. The number of rotatable bonds is 5. The van der Waals surface area contributed by atoms with Crippen molar-refractivity contribution in [3.05, 3.63) is 29.8 Å². The quantitative estimate of drug-likeness (QED) is 0.830. The van der Waals surface area contributed by atoms with Gasteiger partial charge in [-0.1, -0.05) is 30.4 Å². The SMILES string of the molecule is CCOC1CCCN(S(=O)(=O)c2ccccc2C(N)=S)C1. The molecule has 1 saturated heterocycles. The van der Waals surface area contributed by atoms with E-state index in [9.17, 15) is 8.42 Å². The van der Waals surface area contributed by atoms with E-state index in [4.69, 9.17) is 22.7 Å². The smallest absolute Gasteiger partial charge is 0.243 e. The molecule has 7 heteroatoms. The Morgan fingerprint density at radius 2 is 2.19 bits per heavy atom. The monoisotopic (exact) mass is 328 g/mol. The Labute approximate surface area is 131 Å². The molecule has 1 aromatic carbocycles. The van der Waals surface area contributed by atoms with Crippen LogP contribution < -0.4 is 5.73 Å². The highest BCUT2D eigenvalue weighted by Gasteiger charge is 2.32. The van der Waals surface area contributed by atoms with Gasteiger partial charge in [0.15, 0.2) is 0 Å². The van der Waals surface area contributed by atoms with E-state index in [-0.39, 0.29) is 16.0 Å². The van der Waals surface area contributed by atoms with E-state index in [1.165, 1.54) is 4.31 Å². The molecular formula is C14H20N2O3S2. The van der Waals surface area contributed by atoms with Crippen molar-refractivity contribution in [1.29, 1.82) is 0 Å². The van der Waals surface area contributed by atoms with Crippen LogP contribution in [-0.2, 0) is 14.8 Å². The fraction of sp³-hybridized carbons (Fsp3) is 0.500. The number of ether oxygens (including phenoxy) is 1. The summed E-state index contributed by atoms with van der Waals surface area (Å²) in [4.78, 5) is 0.266. The molecule has 2 rings (SSSR count). The molecular weight excluding hydrogens is 308 g/mol. The fourth-order valence-corrected chi connectivity index (χ4v) is 4.49. The summed E-state index contributed by atoms with van der Waals surface area (Å²) in [5.74, 6) is 0. The molecule has 116 valence electrons. The summed E-state index contributed by atoms with van der Waals surface area (Å²) in [7, 11) is -3.60. The van der Waals surface area contributed by atoms with E-state index in [0.29, 0.717) is 25.3 Å². The molecule has 1 atom stereocenters. The van der Waals surface area contributed by atoms with Crippen molar-refractivity contribution in [2.45, 2.75) is 30.8 Å². The fourth-order valence-electron chi connectivity index (χ4n) is 2.53. The lowest BCUT2D eigenvalue weighted by atomic mass is 10.1. The Balaban J connectivity index is 2.32. The molecule has 0 spiro atoms. The predicted molar refractivity (Wildman–Crippen MR) is 85.7 cm³/mol. The molecule has 0 aliphatic carbocycles. The maximum absolute atomic E-state index is 12.8. The number of hydrogen-bond acceptors (Lipinski definition) is 4. The molecule has 2 N–H and O–H groups in total. The van der Waals surface area contributed by atoms with Gasteiger partial charge >= 0.3 is 0 Å². The number of hydrogen-bond donors (Lipinski definition) is 1. The van der Waals surface area contributed by atoms with Crippen LogP contribution in [0.25, 0.3) is 0 Å². The van der Waals surface area contributed by atoms with Crippen LogP contribution in [-0.4, -0.2) is 43.5 Å². The van der Waals surface area contributed by atoms with Crippen LogP contribution in [0.5, 0.6) is 0 Å². The van der Waals surface area contributed by atoms with Crippen LogP contribution in [0.3, 0.4) is 0 Å². The Kier molecular flexibility index (Phi) is 5.32. The van der Waals surface area contributed by atoms with Crippen molar-refractivity contribution in [3.63, 3.8) is 0 Å². The minimum atomic E-state index is -3.60. The Morgan fingerprint density at radius 1 is 1.48 bits per heavy atom. The molecule has 1 heterocycles. The second kappa shape index (κ2) is 6.83. The molecule has 1 aliphatic heterocycles. The van der Waals surface area contributed by atoms with E-state index >= 15 is 0 Å². The maximum Gasteiger partial charge on any atom is 0.243 e. The number of piperidine rings is 1. The number of nitrogens with two attached hydrogens (primary N) is 1. The summed E-state index contributed by atoms with van der Waals surface area (Å²) in [6.45, 7) is 3.37. The van der Waals surface area contributed by atoms with Crippen molar-refractivity contribution < 1.29 is 13.2 Å². The summed E-state index contributed by atoms with van der Waals surface area (Å²) >= 11 is 4.95. The Bertz CT molecular complexity index is 614. The average molecular weight is 328 g/mol. The number of nitrogens with zero attached hydrogens (tertiary/aromatic N) is 1. The highest BCUT2D eigenvalue weighted by Crippen LogP contribution is 2.24. The van der Waals surface area contributed by atoms with Gasteiger partial charge in [-0.2, -0.15) is 4.31 Å². The van der Waals surface area contributed by atoms with Gasteiger partial charge in [-0.25, -0.2) is 8.42 Å². The van der Waals surface area contributed by atoms with Gasteiger partial charge in [0.1, 0.15) is 4.99 Å². The van der Waals surface area contributed by atoms with Crippen LogP contribution in [0, 0.1) is 0 Å². The van der Waals surface area contributed by atoms with Crippen molar-refractivity contribution in [2.24, 2.45) is 5.73 Å².